The van der Waals surface area contributed by atoms with Gasteiger partial charge < -0.3 is 19.9 Å². The molecule has 2 aromatic carbocycles. The van der Waals surface area contributed by atoms with Crippen molar-refractivity contribution in [1.29, 1.82) is 0 Å². The van der Waals surface area contributed by atoms with Gasteiger partial charge in [-0.3, -0.25) is 9.59 Å². The summed E-state index contributed by atoms with van der Waals surface area (Å²) < 4.78 is 5.25. The predicted octanol–water partition coefficient (Wildman–Crippen LogP) is 4.10. The van der Waals surface area contributed by atoms with Crippen LogP contribution in [0, 0.1) is 0 Å². The zero-order valence-corrected chi connectivity index (χ0v) is 18.8. The number of piperidine rings is 1. The Morgan fingerprint density at radius 3 is 2.20 bits per heavy atom. The topological polar surface area (TPSA) is 61.9 Å². The first-order valence-electron chi connectivity index (χ1n) is 9.71. The van der Waals surface area contributed by atoms with E-state index in [4.69, 9.17) is 27.9 Å². The molecule has 3 rings (SSSR count). The van der Waals surface area contributed by atoms with Crippen LogP contribution in [-0.4, -0.2) is 57.1 Å². The Labute approximate surface area is 186 Å². The second-order valence-electron chi connectivity index (χ2n) is 7.42. The third-order valence-corrected chi connectivity index (χ3v) is 5.85. The van der Waals surface area contributed by atoms with E-state index in [1.165, 1.54) is 7.11 Å². The SMILES string of the molecule is COc1c(Cl)ccc(Cl)c1C(=O)NC1CCN(C(=O)c2ccc(N(C)C)cc2)CC1. The summed E-state index contributed by atoms with van der Waals surface area (Å²) in [5.74, 6) is -0.0662. The number of ether oxygens (including phenoxy) is 1. The lowest BCUT2D eigenvalue weighted by molar-refractivity contribution is 0.0698. The van der Waals surface area contributed by atoms with Crippen LogP contribution in [0.15, 0.2) is 36.4 Å². The second kappa shape index (κ2) is 9.58. The highest BCUT2D eigenvalue weighted by Crippen LogP contribution is 2.34. The molecule has 0 bridgehead atoms. The second-order valence-corrected chi connectivity index (χ2v) is 8.23. The molecule has 8 heteroatoms. The Kier molecular flexibility index (Phi) is 7.10. The molecule has 2 amide bonds. The maximum Gasteiger partial charge on any atom is 0.256 e. The van der Waals surface area contributed by atoms with Crippen molar-refractivity contribution in [2.45, 2.75) is 18.9 Å². The normalized spacial score (nSPS) is 14.4. The average Bonchev–Trinajstić information content (AvgIpc) is 2.75. The quantitative estimate of drug-likeness (QED) is 0.745. The Morgan fingerprint density at radius 1 is 1.03 bits per heavy atom. The van der Waals surface area contributed by atoms with Gasteiger partial charge in [0.25, 0.3) is 11.8 Å². The fraction of sp³-hybridized carbons (Fsp3) is 0.364. The van der Waals surface area contributed by atoms with Crippen LogP contribution < -0.4 is 15.0 Å². The first kappa shape index (κ1) is 22.2. The van der Waals surface area contributed by atoms with Gasteiger partial charge >= 0.3 is 0 Å². The van der Waals surface area contributed by atoms with Gasteiger partial charge in [0.1, 0.15) is 5.56 Å². The van der Waals surface area contributed by atoms with Crippen molar-refractivity contribution in [1.82, 2.24) is 10.2 Å². The third-order valence-electron chi connectivity index (χ3n) is 5.24. The van der Waals surface area contributed by atoms with Crippen molar-refractivity contribution in [3.05, 3.63) is 57.6 Å². The number of nitrogens with zero attached hydrogens (tertiary/aromatic N) is 2. The Hall–Kier alpha value is -2.44. The van der Waals surface area contributed by atoms with E-state index in [0.29, 0.717) is 36.5 Å². The van der Waals surface area contributed by atoms with Crippen molar-refractivity contribution in [3.8, 4) is 5.75 Å². The summed E-state index contributed by atoms with van der Waals surface area (Å²) in [4.78, 5) is 29.4. The predicted molar refractivity (Wildman–Crippen MR) is 120 cm³/mol. The number of halogens is 2. The van der Waals surface area contributed by atoms with E-state index in [-0.39, 0.29) is 34.2 Å². The van der Waals surface area contributed by atoms with Crippen LogP contribution in [-0.2, 0) is 0 Å². The molecule has 0 aliphatic carbocycles. The zero-order chi connectivity index (χ0) is 21.8. The molecule has 0 radical (unpaired) electrons. The monoisotopic (exact) mass is 449 g/mol. The fourth-order valence-corrected chi connectivity index (χ4v) is 3.98. The lowest BCUT2D eigenvalue weighted by Gasteiger charge is -2.32. The molecule has 1 heterocycles. The van der Waals surface area contributed by atoms with Crippen LogP contribution in [0.3, 0.4) is 0 Å². The maximum absolute atomic E-state index is 12.8. The lowest BCUT2D eigenvalue weighted by Crippen LogP contribution is -2.46. The maximum atomic E-state index is 12.8. The van der Waals surface area contributed by atoms with E-state index in [0.717, 1.165) is 5.69 Å². The Bertz CT molecular complexity index is 924. The smallest absolute Gasteiger partial charge is 0.256 e. The van der Waals surface area contributed by atoms with Gasteiger partial charge in [0, 0.05) is 44.5 Å². The van der Waals surface area contributed by atoms with Gasteiger partial charge in [0.2, 0.25) is 0 Å². The molecule has 0 spiro atoms. The number of hydrogen-bond acceptors (Lipinski definition) is 4. The van der Waals surface area contributed by atoms with Gasteiger partial charge in [-0.25, -0.2) is 0 Å². The summed E-state index contributed by atoms with van der Waals surface area (Å²) in [5.41, 5.74) is 1.94. The molecule has 0 unspecified atom stereocenters. The minimum Gasteiger partial charge on any atom is -0.494 e. The average molecular weight is 450 g/mol. The molecule has 1 saturated heterocycles. The summed E-state index contributed by atoms with van der Waals surface area (Å²) in [6.07, 6.45) is 1.32. The fourth-order valence-electron chi connectivity index (χ4n) is 3.51. The van der Waals surface area contributed by atoms with Gasteiger partial charge in [-0.15, -0.1) is 0 Å². The van der Waals surface area contributed by atoms with Gasteiger partial charge in [-0.2, -0.15) is 0 Å². The summed E-state index contributed by atoms with van der Waals surface area (Å²) in [7, 11) is 5.37. The third kappa shape index (κ3) is 4.82. The molecular formula is C22H25Cl2N3O3. The van der Waals surface area contributed by atoms with Crippen LogP contribution in [0.1, 0.15) is 33.6 Å². The van der Waals surface area contributed by atoms with Crippen LogP contribution in [0.5, 0.6) is 5.75 Å². The van der Waals surface area contributed by atoms with Gasteiger partial charge in [-0.05, 0) is 49.2 Å². The molecule has 1 aliphatic rings. The van der Waals surface area contributed by atoms with E-state index in [1.54, 1.807) is 12.1 Å². The number of carbonyl (C=O) groups excluding carboxylic acids is 2. The molecular weight excluding hydrogens is 425 g/mol. The molecule has 30 heavy (non-hydrogen) atoms. The lowest BCUT2D eigenvalue weighted by atomic mass is 10.0. The molecule has 0 atom stereocenters. The van der Waals surface area contributed by atoms with E-state index in [9.17, 15) is 9.59 Å². The number of anilines is 1. The minimum absolute atomic E-state index is 0.00429. The van der Waals surface area contributed by atoms with Crippen molar-refractivity contribution >= 4 is 40.7 Å². The van der Waals surface area contributed by atoms with Gasteiger partial charge in [0.15, 0.2) is 5.75 Å². The molecule has 6 nitrogen and oxygen atoms in total. The van der Waals surface area contributed by atoms with Gasteiger partial charge in [0.05, 0.1) is 17.2 Å². The van der Waals surface area contributed by atoms with Crippen molar-refractivity contribution < 1.29 is 14.3 Å². The Morgan fingerprint density at radius 2 is 1.63 bits per heavy atom. The Balaban J connectivity index is 1.60. The molecule has 1 N–H and O–H groups in total. The zero-order valence-electron chi connectivity index (χ0n) is 17.2. The first-order chi connectivity index (χ1) is 14.3. The number of methoxy groups -OCH3 is 1. The van der Waals surface area contributed by atoms with Crippen molar-refractivity contribution in [2.24, 2.45) is 0 Å². The summed E-state index contributed by atoms with van der Waals surface area (Å²) >= 11 is 12.3. The highest BCUT2D eigenvalue weighted by molar-refractivity contribution is 6.37. The molecule has 160 valence electrons. The van der Waals surface area contributed by atoms with E-state index in [1.807, 2.05) is 48.2 Å². The van der Waals surface area contributed by atoms with Gasteiger partial charge in [-0.1, -0.05) is 23.2 Å². The number of carbonyl (C=O) groups is 2. The molecule has 1 aliphatic heterocycles. The van der Waals surface area contributed by atoms with E-state index in [2.05, 4.69) is 5.32 Å². The van der Waals surface area contributed by atoms with Crippen LogP contribution in [0.2, 0.25) is 10.0 Å². The van der Waals surface area contributed by atoms with Crippen LogP contribution in [0.4, 0.5) is 5.69 Å². The van der Waals surface area contributed by atoms with Crippen LogP contribution >= 0.6 is 23.2 Å². The molecule has 0 saturated carbocycles. The number of nitrogens with one attached hydrogen (secondary N) is 1. The van der Waals surface area contributed by atoms with Crippen molar-refractivity contribution in [3.63, 3.8) is 0 Å². The number of amides is 2. The van der Waals surface area contributed by atoms with Crippen molar-refractivity contribution in [2.75, 3.05) is 39.2 Å². The standard InChI is InChI=1S/C22H25Cl2N3O3/c1-26(2)16-6-4-14(5-7-16)22(29)27-12-10-15(11-13-27)25-21(28)19-17(23)8-9-18(24)20(19)30-3/h4-9,15H,10-13H2,1-3H3,(H,25,28). The highest BCUT2D eigenvalue weighted by Gasteiger charge is 2.27. The minimum atomic E-state index is -0.330. The number of hydrogen-bond donors (Lipinski definition) is 1. The summed E-state index contributed by atoms with van der Waals surface area (Å²) in [6, 6.07) is 10.7. The first-order valence-corrected chi connectivity index (χ1v) is 10.5. The summed E-state index contributed by atoms with van der Waals surface area (Å²) in [5, 5.41) is 3.60. The number of benzene rings is 2. The molecule has 2 aromatic rings. The number of rotatable bonds is 5. The molecule has 0 aromatic heterocycles. The largest absolute Gasteiger partial charge is 0.494 e. The van der Waals surface area contributed by atoms with Crippen LogP contribution in [0.25, 0.3) is 0 Å². The molecule has 1 fully saturated rings. The van der Waals surface area contributed by atoms with E-state index >= 15 is 0 Å². The number of likely N-dealkylation sites (tertiary alicyclic amines) is 1. The highest BCUT2D eigenvalue weighted by atomic mass is 35.5. The van der Waals surface area contributed by atoms with E-state index < -0.39 is 0 Å². The summed E-state index contributed by atoms with van der Waals surface area (Å²) in [6.45, 7) is 1.14.